The first-order chi connectivity index (χ1) is 19.1. The van der Waals surface area contributed by atoms with Gasteiger partial charge >= 0.3 is 6.36 Å². The number of rotatable bonds is 8. The zero-order chi connectivity index (χ0) is 28.1. The maximum Gasteiger partial charge on any atom is 0.573 e. The van der Waals surface area contributed by atoms with Crippen LogP contribution < -0.4 is 9.64 Å². The minimum Gasteiger partial charge on any atom is -0.406 e. The minimum atomic E-state index is -4.66. The van der Waals surface area contributed by atoms with Gasteiger partial charge in [-0.05, 0) is 74.0 Å². The highest BCUT2D eigenvalue weighted by Crippen LogP contribution is 2.56. The first kappa shape index (κ1) is 26.9. The fourth-order valence-electron chi connectivity index (χ4n) is 6.68. The lowest BCUT2D eigenvalue weighted by molar-refractivity contribution is -0.274. The molecule has 3 heterocycles. The number of fused-ring (bicyclic) bond motifs is 1. The summed E-state index contributed by atoms with van der Waals surface area (Å²) >= 11 is 0. The second-order valence-electron chi connectivity index (χ2n) is 11.7. The smallest absolute Gasteiger partial charge is 0.406 e. The van der Waals surface area contributed by atoms with Crippen molar-refractivity contribution in [1.29, 1.82) is 0 Å². The number of likely N-dealkylation sites (N-methyl/N-ethyl adjacent to an activating group) is 1. The van der Waals surface area contributed by atoms with Crippen LogP contribution in [0.15, 0.2) is 48.5 Å². The first-order valence-electron chi connectivity index (χ1n) is 14.1. The summed E-state index contributed by atoms with van der Waals surface area (Å²) in [4.78, 5) is 22.6. The van der Waals surface area contributed by atoms with Gasteiger partial charge in [-0.3, -0.25) is 9.69 Å². The Bertz CT molecular complexity index is 1370. The Kier molecular flexibility index (Phi) is 6.89. The number of aromatic nitrogens is 2. The van der Waals surface area contributed by atoms with Crippen molar-refractivity contribution in [2.75, 3.05) is 31.6 Å². The van der Waals surface area contributed by atoms with Gasteiger partial charge in [-0.2, -0.15) is 0 Å². The standard InChI is InChI=1S/C31H35F3N4O2/c1-3-26-29(38-15-14-36(2)18-28(38)35-26)27(39)13-6-21-4-9-24(10-5-21)37-19-30(20-37)16-23(17-30)22-7-11-25(12-8-22)40-31(32,33)34/h4-5,7-12,23H,3,6,13-20H2,1-2H3. The number of hydrogen-bond acceptors (Lipinski definition) is 5. The first-order valence-corrected chi connectivity index (χ1v) is 14.1. The van der Waals surface area contributed by atoms with Crippen LogP contribution in [0.3, 0.4) is 0 Å². The second-order valence-corrected chi connectivity index (χ2v) is 11.7. The number of ether oxygens (including phenoxy) is 1. The summed E-state index contributed by atoms with van der Waals surface area (Å²) in [7, 11) is 2.08. The number of carbonyl (C=O) groups excluding carboxylic acids is 1. The van der Waals surface area contributed by atoms with Crippen LogP contribution in [-0.4, -0.2) is 53.3 Å². The largest absolute Gasteiger partial charge is 0.573 e. The lowest BCUT2D eigenvalue weighted by atomic mass is 9.56. The average molecular weight is 553 g/mol. The van der Waals surface area contributed by atoms with E-state index < -0.39 is 6.36 Å². The molecule has 6 rings (SSSR count). The van der Waals surface area contributed by atoms with Crippen molar-refractivity contribution in [1.82, 2.24) is 14.5 Å². The monoisotopic (exact) mass is 552 g/mol. The van der Waals surface area contributed by atoms with Crippen molar-refractivity contribution in [2.45, 2.75) is 64.4 Å². The molecule has 0 unspecified atom stereocenters. The zero-order valence-electron chi connectivity index (χ0n) is 23.0. The van der Waals surface area contributed by atoms with Crippen molar-refractivity contribution < 1.29 is 22.7 Å². The van der Waals surface area contributed by atoms with Gasteiger partial charge in [-0.25, -0.2) is 4.98 Å². The lowest BCUT2D eigenvalue weighted by Gasteiger charge is -2.60. The molecule has 0 radical (unpaired) electrons. The number of aryl methyl sites for hydroxylation is 2. The normalized spacial score (nSPS) is 18.8. The molecular formula is C31H35F3N4O2. The number of anilines is 1. The summed E-state index contributed by atoms with van der Waals surface area (Å²) in [5.74, 6) is 1.39. The van der Waals surface area contributed by atoms with Crippen molar-refractivity contribution in [3.63, 3.8) is 0 Å². The number of hydrogen-bond donors (Lipinski definition) is 0. The summed E-state index contributed by atoms with van der Waals surface area (Å²) in [6.45, 7) is 6.59. The molecule has 0 N–H and O–H groups in total. The van der Waals surface area contributed by atoms with Gasteiger partial charge < -0.3 is 14.2 Å². The number of nitrogens with zero attached hydrogens (tertiary/aromatic N) is 4. The van der Waals surface area contributed by atoms with Crippen molar-refractivity contribution >= 4 is 11.5 Å². The van der Waals surface area contributed by atoms with E-state index in [2.05, 4.69) is 57.3 Å². The summed E-state index contributed by atoms with van der Waals surface area (Å²) in [6.07, 6.45) is -0.606. The second kappa shape index (κ2) is 10.3. The van der Waals surface area contributed by atoms with Crippen LogP contribution in [0.4, 0.5) is 18.9 Å². The molecule has 40 heavy (non-hydrogen) atoms. The summed E-state index contributed by atoms with van der Waals surface area (Å²) < 4.78 is 43.3. The topological polar surface area (TPSA) is 50.6 Å². The number of ketones is 1. The average Bonchev–Trinajstić information content (AvgIpc) is 3.24. The summed E-state index contributed by atoms with van der Waals surface area (Å²) in [5.41, 5.74) is 5.45. The van der Waals surface area contributed by atoms with Gasteiger partial charge in [0.25, 0.3) is 0 Å². The molecule has 0 atom stereocenters. The maximum absolute atomic E-state index is 13.2. The molecule has 0 amide bonds. The van der Waals surface area contributed by atoms with Crippen LogP contribution in [0.5, 0.6) is 5.75 Å². The Morgan fingerprint density at radius 2 is 1.75 bits per heavy atom. The Morgan fingerprint density at radius 3 is 2.40 bits per heavy atom. The van der Waals surface area contributed by atoms with E-state index in [1.807, 2.05) is 0 Å². The molecule has 2 aromatic carbocycles. The minimum absolute atomic E-state index is 0.174. The molecule has 1 aromatic heterocycles. The van der Waals surface area contributed by atoms with Crippen LogP contribution in [-0.2, 0) is 25.9 Å². The van der Waals surface area contributed by atoms with E-state index in [4.69, 9.17) is 4.98 Å². The third-order valence-electron chi connectivity index (χ3n) is 8.77. The van der Waals surface area contributed by atoms with E-state index in [1.165, 1.54) is 17.8 Å². The Morgan fingerprint density at radius 1 is 1.05 bits per heavy atom. The molecular weight excluding hydrogens is 517 g/mol. The molecule has 3 aromatic rings. The van der Waals surface area contributed by atoms with Crippen LogP contribution in [0, 0.1) is 5.41 Å². The quantitative estimate of drug-likeness (QED) is 0.322. The molecule has 1 aliphatic carbocycles. The number of imidazole rings is 1. The van der Waals surface area contributed by atoms with E-state index in [-0.39, 0.29) is 11.5 Å². The number of carbonyl (C=O) groups is 1. The van der Waals surface area contributed by atoms with E-state index in [9.17, 15) is 18.0 Å². The fraction of sp³-hybridized carbons (Fsp3) is 0.484. The van der Waals surface area contributed by atoms with Crippen LogP contribution >= 0.6 is 0 Å². The number of Topliss-reactive ketones (excluding diaryl/α,β-unsaturated/α-hetero) is 1. The summed E-state index contributed by atoms with van der Waals surface area (Å²) in [5, 5.41) is 0. The molecule has 2 fully saturated rings. The predicted molar refractivity (Wildman–Crippen MR) is 147 cm³/mol. The maximum atomic E-state index is 13.2. The predicted octanol–water partition coefficient (Wildman–Crippen LogP) is 5.99. The van der Waals surface area contributed by atoms with Crippen LogP contribution in [0.25, 0.3) is 0 Å². The Labute approximate surface area is 232 Å². The molecule has 1 saturated carbocycles. The lowest BCUT2D eigenvalue weighted by Crippen LogP contribution is -2.61. The third kappa shape index (κ3) is 5.36. The van der Waals surface area contributed by atoms with E-state index in [1.54, 1.807) is 12.1 Å². The molecule has 1 saturated heterocycles. The highest BCUT2D eigenvalue weighted by atomic mass is 19.4. The van der Waals surface area contributed by atoms with Gasteiger partial charge in [0, 0.05) is 43.7 Å². The third-order valence-corrected chi connectivity index (χ3v) is 8.77. The van der Waals surface area contributed by atoms with Gasteiger partial charge in [-0.1, -0.05) is 31.2 Å². The Balaban J connectivity index is 0.990. The number of benzene rings is 2. The van der Waals surface area contributed by atoms with Crippen molar-refractivity contribution in [3.05, 3.63) is 76.9 Å². The number of halogens is 3. The van der Waals surface area contributed by atoms with Crippen molar-refractivity contribution in [3.8, 4) is 5.75 Å². The van der Waals surface area contributed by atoms with E-state index >= 15 is 0 Å². The highest BCUT2D eigenvalue weighted by molar-refractivity contribution is 5.96. The SMILES string of the molecule is CCc1nc2n(c1C(=O)CCc1ccc(N3CC4(CC(c5ccc(OC(F)(F)F)cc5)C4)C3)cc1)CCN(C)C2. The zero-order valence-corrected chi connectivity index (χ0v) is 23.0. The molecule has 2 aliphatic heterocycles. The van der Waals surface area contributed by atoms with Gasteiger partial charge in [0.05, 0.1) is 12.2 Å². The molecule has 212 valence electrons. The fourth-order valence-corrected chi connectivity index (χ4v) is 6.68. The van der Waals surface area contributed by atoms with Gasteiger partial charge in [0.1, 0.15) is 17.3 Å². The van der Waals surface area contributed by atoms with Crippen LogP contribution in [0.1, 0.15) is 65.2 Å². The molecule has 3 aliphatic rings. The highest BCUT2D eigenvalue weighted by Gasteiger charge is 2.52. The van der Waals surface area contributed by atoms with E-state index in [0.29, 0.717) is 24.2 Å². The summed E-state index contributed by atoms with van der Waals surface area (Å²) in [6, 6.07) is 14.9. The van der Waals surface area contributed by atoms with Gasteiger partial charge in [0.2, 0.25) is 0 Å². The molecule has 0 bridgehead atoms. The van der Waals surface area contributed by atoms with Crippen molar-refractivity contribution in [2.24, 2.45) is 5.41 Å². The number of alkyl halides is 3. The van der Waals surface area contributed by atoms with Gasteiger partial charge in [-0.15, -0.1) is 13.2 Å². The molecule has 1 spiro atoms. The van der Waals surface area contributed by atoms with E-state index in [0.717, 1.165) is 80.3 Å². The molecule has 9 heteroatoms. The molecule has 6 nitrogen and oxygen atoms in total. The van der Waals surface area contributed by atoms with Gasteiger partial charge in [0.15, 0.2) is 5.78 Å². The van der Waals surface area contributed by atoms with Crippen LogP contribution in [0.2, 0.25) is 0 Å². The Hall–Kier alpha value is -3.33.